The van der Waals surface area contributed by atoms with Crippen LogP contribution in [0.15, 0.2) is 6.33 Å². The molecule has 0 aliphatic heterocycles. The molecule has 0 unspecified atom stereocenters. The van der Waals surface area contributed by atoms with E-state index >= 15 is 0 Å². The van der Waals surface area contributed by atoms with Crippen LogP contribution in [0.2, 0.25) is 5.15 Å². The fourth-order valence-electron chi connectivity index (χ4n) is 2.11. The Hall–Kier alpha value is -1.47. The molecule has 1 aromatic rings. The Bertz CT molecular complexity index is 464. The quantitative estimate of drug-likeness (QED) is 0.504. The van der Waals surface area contributed by atoms with Gasteiger partial charge in [-0.3, -0.25) is 10.1 Å². The third-order valence-electron chi connectivity index (χ3n) is 3.05. The number of nitrogens with zero attached hydrogens (tertiary/aromatic N) is 4. The first-order valence-corrected chi connectivity index (χ1v) is 5.91. The van der Waals surface area contributed by atoms with Gasteiger partial charge in [-0.15, -0.1) is 0 Å². The van der Waals surface area contributed by atoms with Gasteiger partial charge in [-0.25, -0.2) is 9.97 Å². The Kier molecular flexibility index (Phi) is 3.63. The summed E-state index contributed by atoms with van der Waals surface area (Å²) < 4.78 is 0. The van der Waals surface area contributed by atoms with E-state index in [4.69, 9.17) is 11.6 Å². The van der Waals surface area contributed by atoms with Crippen LogP contribution in [0.1, 0.15) is 12.8 Å². The van der Waals surface area contributed by atoms with Crippen LogP contribution in [0.5, 0.6) is 0 Å². The molecule has 2 rings (SSSR count). The fraction of sp³-hybridized carbons (Fsp3) is 0.600. The minimum atomic E-state index is -0.580. The number of hydrogen-bond donors (Lipinski definition) is 1. The van der Waals surface area contributed by atoms with Gasteiger partial charge in [0.15, 0.2) is 0 Å². The summed E-state index contributed by atoms with van der Waals surface area (Å²) in [5.74, 6) is 0.541. The fourth-order valence-corrected chi connectivity index (χ4v) is 2.31. The molecule has 0 bridgehead atoms. The lowest BCUT2D eigenvalue weighted by Crippen LogP contribution is -2.37. The maximum atomic E-state index is 10.9. The molecule has 98 valence electrons. The zero-order chi connectivity index (χ0) is 13.3. The molecule has 1 aliphatic carbocycles. The van der Waals surface area contributed by atoms with Crippen LogP contribution >= 0.6 is 11.6 Å². The van der Waals surface area contributed by atoms with E-state index in [0.717, 1.165) is 12.8 Å². The lowest BCUT2D eigenvalue weighted by Gasteiger charge is -2.34. The van der Waals surface area contributed by atoms with Gasteiger partial charge < -0.3 is 10.0 Å². The number of halogens is 1. The van der Waals surface area contributed by atoms with Crippen LogP contribution in [0.3, 0.4) is 0 Å². The second-order valence-electron chi connectivity index (χ2n) is 4.47. The number of aliphatic hydroxyl groups is 1. The van der Waals surface area contributed by atoms with Crippen molar-refractivity contribution in [2.75, 3.05) is 18.5 Å². The van der Waals surface area contributed by atoms with Crippen LogP contribution in [-0.2, 0) is 0 Å². The number of aromatic nitrogens is 2. The summed E-state index contributed by atoms with van der Waals surface area (Å²) in [5.41, 5.74) is -0.276. The summed E-state index contributed by atoms with van der Waals surface area (Å²) in [7, 11) is 1.72. The van der Waals surface area contributed by atoms with E-state index in [1.54, 1.807) is 11.9 Å². The molecule has 1 aliphatic rings. The number of hydrogen-bond acceptors (Lipinski definition) is 6. The molecule has 8 heteroatoms. The van der Waals surface area contributed by atoms with Gasteiger partial charge in [-0.1, -0.05) is 11.6 Å². The molecule has 1 fully saturated rings. The predicted octanol–water partition coefficient (Wildman–Crippen LogP) is 1.25. The summed E-state index contributed by atoms with van der Waals surface area (Å²) >= 11 is 5.72. The molecular formula is C10H13ClN4O3. The van der Waals surface area contributed by atoms with Crippen molar-refractivity contribution in [2.45, 2.75) is 18.9 Å². The molecule has 0 atom stereocenters. The van der Waals surface area contributed by atoms with Crippen LogP contribution in [-0.4, -0.2) is 39.7 Å². The van der Waals surface area contributed by atoms with Crippen molar-refractivity contribution in [1.82, 2.24) is 9.97 Å². The van der Waals surface area contributed by atoms with Gasteiger partial charge in [0.1, 0.15) is 6.33 Å². The monoisotopic (exact) mass is 272 g/mol. The smallest absolute Gasteiger partial charge is 0.348 e. The lowest BCUT2D eigenvalue weighted by molar-refractivity contribution is -0.384. The average molecular weight is 273 g/mol. The van der Waals surface area contributed by atoms with Crippen molar-refractivity contribution in [3.63, 3.8) is 0 Å². The SMILES string of the molecule is CN(CC1CC(O)C1)c1ncnc(Cl)c1[N+](=O)[O-]. The van der Waals surface area contributed by atoms with Crippen LogP contribution in [0.25, 0.3) is 0 Å². The summed E-state index contributed by atoms with van der Waals surface area (Å²) in [6.45, 7) is 0.602. The zero-order valence-electron chi connectivity index (χ0n) is 9.78. The van der Waals surface area contributed by atoms with Crippen molar-refractivity contribution < 1.29 is 10.0 Å². The first kappa shape index (κ1) is 13.0. The molecular weight excluding hydrogens is 260 g/mol. The summed E-state index contributed by atoms with van der Waals surface area (Å²) in [6.07, 6.45) is 2.40. The third-order valence-corrected chi connectivity index (χ3v) is 3.32. The minimum absolute atomic E-state index is 0.162. The number of anilines is 1. The number of rotatable bonds is 4. The van der Waals surface area contributed by atoms with E-state index in [1.807, 2.05) is 0 Å². The van der Waals surface area contributed by atoms with E-state index in [0.29, 0.717) is 12.5 Å². The van der Waals surface area contributed by atoms with Crippen molar-refractivity contribution >= 4 is 23.1 Å². The van der Waals surface area contributed by atoms with Crippen molar-refractivity contribution in [3.05, 3.63) is 21.6 Å². The molecule has 1 heterocycles. The predicted molar refractivity (Wildman–Crippen MR) is 65.7 cm³/mol. The molecule has 0 amide bonds. The Balaban J connectivity index is 2.16. The van der Waals surface area contributed by atoms with Crippen LogP contribution < -0.4 is 4.90 Å². The maximum Gasteiger partial charge on any atom is 0.348 e. The van der Waals surface area contributed by atoms with Crippen molar-refractivity contribution in [2.24, 2.45) is 5.92 Å². The second kappa shape index (κ2) is 5.03. The molecule has 0 spiro atoms. The van der Waals surface area contributed by atoms with Crippen LogP contribution in [0.4, 0.5) is 11.5 Å². The summed E-state index contributed by atoms with van der Waals surface area (Å²) in [6, 6.07) is 0. The van der Waals surface area contributed by atoms with E-state index < -0.39 is 4.92 Å². The van der Waals surface area contributed by atoms with Gasteiger partial charge in [0, 0.05) is 13.6 Å². The summed E-state index contributed by atoms with van der Waals surface area (Å²) in [4.78, 5) is 19.6. The Morgan fingerprint density at radius 1 is 1.61 bits per heavy atom. The topological polar surface area (TPSA) is 92.4 Å². The Labute approximate surface area is 109 Å². The van der Waals surface area contributed by atoms with Gasteiger partial charge in [0.05, 0.1) is 11.0 Å². The van der Waals surface area contributed by atoms with Gasteiger partial charge in [0.25, 0.3) is 0 Å². The first-order chi connectivity index (χ1) is 8.49. The highest BCUT2D eigenvalue weighted by molar-refractivity contribution is 6.31. The second-order valence-corrected chi connectivity index (χ2v) is 4.82. The van der Waals surface area contributed by atoms with E-state index in [9.17, 15) is 15.2 Å². The standard InChI is InChI=1S/C10H13ClN4O3/c1-14(4-6-2-7(16)3-6)10-8(15(17)18)9(11)12-5-13-10/h5-7,16H,2-4H2,1H3. The van der Waals surface area contributed by atoms with Crippen molar-refractivity contribution in [1.29, 1.82) is 0 Å². The van der Waals surface area contributed by atoms with E-state index in [1.165, 1.54) is 6.33 Å². The molecule has 18 heavy (non-hydrogen) atoms. The largest absolute Gasteiger partial charge is 0.393 e. The molecule has 1 aromatic heterocycles. The van der Waals surface area contributed by atoms with Gasteiger partial charge >= 0.3 is 5.69 Å². The van der Waals surface area contributed by atoms with Gasteiger partial charge in [-0.2, -0.15) is 0 Å². The molecule has 0 aromatic carbocycles. The Morgan fingerprint density at radius 2 is 2.28 bits per heavy atom. The molecule has 0 saturated heterocycles. The zero-order valence-corrected chi connectivity index (χ0v) is 10.5. The number of aliphatic hydroxyl groups excluding tert-OH is 1. The maximum absolute atomic E-state index is 10.9. The van der Waals surface area contributed by atoms with Gasteiger partial charge in [0.2, 0.25) is 11.0 Å². The number of nitro groups is 1. The highest BCUT2D eigenvalue weighted by Crippen LogP contribution is 2.33. The normalized spacial score (nSPS) is 22.4. The van der Waals surface area contributed by atoms with E-state index in [-0.39, 0.29) is 22.8 Å². The van der Waals surface area contributed by atoms with Crippen LogP contribution in [0, 0.1) is 16.0 Å². The van der Waals surface area contributed by atoms with Gasteiger partial charge in [-0.05, 0) is 18.8 Å². The molecule has 1 saturated carbocycles. The minimum Gasteiger partial charge on any atom is -0.393 e. The molecule has 0 radical (unpaired) electrons. The average Bonchev–Trinajstić information content (AvgIpc) is 2.26. The third kappa shape index (κ3) is 2.51. The van der Waals surface area contributed by atoms with E-state index in [2.05, 4.69) is 9.97 Å². The molecule has 7 nitrogen and oxygen atoms in total. The highest BCUT2D eigenvalue weighted by atomic mass is 35.5. The Morgan fingerprint density at radius 3 is 2.83 bits per heavy atom. The summed E-state index contributed by atoms with van der Waals surface area (Å²) in [5, 5.41) is 20.0. The molecule has 1 N–H and O–H groups in total. The van der Waals surface area contributed by atoms with Crippen molar-refractivity contribution in [3.8, 4) is 0 Å². The lowest BCUT2D eigenvalue weighted by atomic mass is 9.82. The highest BCUT2D eigenvalue weighted by Gasteiger charge is 2.31. The first-order valence-electron chi connectivity index (χ1n) is 5.53.